The van der Waals surface area contributed by atoms with Crippen molar-refractivity contribution in [3.05, 3.63) is 119 Å². The molecule has 0 fully saturated rings. The van der Waals surface area contributed by atoms with Crippen LogP contribution >= 0.6 is 0 Å². The molecule has 0 aromatic heterocycles. The Labute approximate surface area is 239 Å². The molecule has 0 radical (unpaired) electrons. The van der Waals surface area contributed by atoms with E-state index in [9.17, 15) is 4.79 Å². The summed E-state index contributed by atoms with van der Waals surface area (Å²) in [6, 6.07) is 32.6. The van der Waals surface area contributed by atoms with Crippen LogP contribution in [0.15, 0.2) is 97.1 Å². The van der Waals surface area contributed by atoms with Crippen LogP contribution in [0.4, 0.5) is 22.7 Å². The van der Waals surface area contributed by atoms with Crippen molar-refractivity contribution in [3.63, 3.8) is 0 Å². The number of carbonyl (C=O) groups is 1. The van der Waals surface area contributed by atoms with Crippen LogP contribution < -0.4 is 9.80 Å². The topological polar surface area (TPSA) is 42.0 Å². The SMILES string of the molecule is CCOCCN(c1ccc(C)cc1)c1ccc(C(=O)c2ccc(N(CCOCC)c3ccc(C)cc3)cc2)cc1. The summed E-state index contributed by atoms with van der Waals surface area (Å²) in [7, 11) is 0. The molecular weight excluding hydrogens is 496 g/mol. The molecular formula is C35H40N2O3. The summed E-state index contributed by atoms with van der Waals surface area (Å²) in [5, 5.41) is 0. The summed E-state index contributed by atoms with van der Waals surface area (Å²) in [5.41, 5.74) is 8.02. The second-order valence-electron chi connectivity index (χ2n) is 9.79. The number of hydrogen-bond donors (Lipinski definition) is 0. The Morgan fingerprint density at radius 2 is 0.825 bits per heavy atom. The molecule has 0 aliphatic heterocycles. The normalized spacial score (nSPS) is 10.9. The van der Waals surface area contributed by atoms with Gasteiger partial charge in [0.2, 0.25) is 0 Å². The first-order valence-corrected chi connectivity index (χ1v) is 14.1. The van der Waals surface area contributed by atoms with E-state index in [-0.39, 0.29) is 5.78 Å². The van der Waals surface area contributed by atoms with Gasteiger partial charge in [0.15, 0.2) is 5.78 Å². The smallest absolute Gasteiger partial charge is 0.193 e. The highest BCUT2D eigenvalue weighted by atomic mass is 16.5. The lowest BCUT2D eigenvalue weighted by molar-refractivity contribution is 0.103. The van der Waals surface area contributed by atoms with Crippen molar-refractivity contribution in [3.8, 4) is 0 Å². The van der Waals surface area contributed by atoms with Gasteiger partial charge in [-0.1, -0.05) is 35.4 Å². The van der Waals surface area contributed by atoms with Gasteiger partial charge in [-0.3, -0.25) is 4.79 Å². The van der Waals surface area contributed by atoms with Gasteiger partial charge in [-0.25, -0.2) is 0 Å². The molecule has 0 spiro atoms. The van der Waals surface area contributed by atoms with Crippen molar-refractivity contribution in [2.24, 2.45) is 0 Å². The van der Waals surface area contributed by atoms with Crippen LogP contribution in [0.1, 0.15) is 40.9 Å². The second kappa shape index (κ2) is 14.5. The minimum Gasteiger partial charge on any atom is -0.380 e. The number of hydrogen-bond acceptors (Lipinski definition) is 5. The number of nitrogens with zero attached hydrogens (tertiary/aromatic N) is 2. The van der Waals surface area contributed by atoms with Crippen molar-refractivity contribution in [2.45, 2.75) is 27.7 Å². The Morgan fingerprint density at radius 1 is 0.525 bits per heavy atom. The lowest BCUT2D eigenvalue weighted by atomic mass is 10.0. The standard InChI is InChI=1S/C35H40N2O3/c1-5-39-25-23-36(31-15-7-27(3)8-16-31)33-19-11-29(12-20-33)35(38)30-13-21-34(22-14-30)37(24-26-40-6-2)32-17-9-28(4)10-18-32/h7-22H,5-6,23-26H2,1-4H3. The molecule has 4 aromatic rings. The van der Waals surface area contributed by atoms with Crippen LogP contribution in [-0.4, -0.2) is 45.3 Å². The zero-order valence-corrected chi connectivity index (χ0v) is 24.1. The van der Waals surface area contributed by atoms with Crippen molar-refractivity contribution in [2.75, 3.05) is 49.3 Å². The molecule has 5 heteroatoms. The minimum atomic E-state index is 0.00510. The summed E-state index contributed by atoms with van der Waals surface area (Å²) in [6.45, 7) is 12.3. The zero-order chi connectivity index (χ0) is 28.3. The number of aryl methyl sites for hydroxylation is 2. The number of benzene rings is 4. The Balaban J connectivity index is 1.51. The van der Waals surface area contributed by atoms with Crippen LogP contribution in [0.25, 0.3) is 0 Å². The van der Waals surface area contributed by atoms with E-state index in [4.69, 9.17) is 9.47 Å². The van der Waals surface area contributed by atoms with Crippen LogP contribution in [-0.2, 0) is 9.47 Å². The average Bonchev–Trinajstić information content (AvgIpc) is 2.99. The molecule has 0 aliphatic rings. The van der Waals surface area contributed by atoms with E-state index < -0.39 is 0 Å². The summed E-state index contributed by atoms with van der Waals surface area (Å²) < 4.78 is 11.3. The third-order valence-electron chi connectivity index (χ3n) is 6.90. The summed E-state index contributed by atoms with van der Waals surface area (Å²) in [4.78, 5) is 17.8. The van der Waals surface area contributed by atoms with E-state index in [0.717, 1.165) is 35.8 Å². The average molecular weight is 537 g/mol. The van der Waals surface area contributed by atoms with Gasteiger partial charge in [-0.15, -0.1) is 0 Å². The molecule has 0 aliphatic carbocycles. The highest BCUT2D eigenvalue weighted by molar-refractivity contribution is 6.09. The molecule has 0 saturated heterocycles. The number of rotatable bonds is 14. The number of carbonyl (C=O) groups excluding carboxylic acids is 1. The molecule has 0 unspecified atom stereocenters. The van der Waals surface area contributed by atoms with E-state index in [0.29, 0.717) is 37.6 Å². The number of anilines is 4. The largest absolute Gasteiger partial charge is 0.380 e. The predicted molar refractivity (Wildman–Crippen MR) is 166 cm³/mol. The molecule has 0 heterocycles. The molecule has 5 nitrogen and oxygen atoms in total. The van der Waals surface area contributed by atoms with Gasteiger partial charge >= 0.3 is 0 Å². The van der Waals surface area contributed by atoms with Crippen LogP contribution in [0.3, 0.4) is 0 Å². The van der Waals surface area contributed by atoms with Gasteiger partial charge in [0.25, 0.3) is 0 Å². The fourth-order valence-corrected chi connectivity index (χ4v) is 4.62. The molecule has 0 bridgehead atoms. The third kappa shape index (κ3) is 7.59. The molecule has 0 atom stereocenters. The van der Waals surface area contributed by atoms with E-state index in [1.807, 2.05) is 62.4 Å². The molecule has 0 N–H and O–H groups in total. The van der Waals surface area contributed by atoms with Crippen molar-refractivity contribution in [1.29, 1.82) is 0 Å². The van der Waals surface area contributed by atoms with Gasteiger partial charge in [0.05, 0.1) is 13.2 Å². The monoisotopic (exact) mass is 536 g/mol. The fraction of sp³-hybridized carbons (Fsp3) is 0.286. The van der Waals surface area contributed by atoms with Crippen LogP contribution in [0, 0.1) is 13.8 Å². The Hall–Kier alpha value is -3.93. The minimum absolute atomic E-state index is 0.00510. The maximum atomic E-state index is 13.4. The zero-order valence-electron chi connectivity index (χ0n) is 24.1. The number of ether oxygens (including phenoxy) is 2. The first-order valence-electron chi connectivity index (χ1n) is 14.1. The first kappa shape index (κ1) is 29.1. The van der Waals surface area contributed by atoms with Gasteiger partial charge in [0.1, 0.15) is 0 Å². The lowest BCUT2D eigenvalue weighted by Gasteiger charge is -2.25. The lowest BCUT2D eigenvalue weighted by Crippen LogP contribution is -2.22. The Kier molecular flexibility index (Phi) is 10.5. The molecule has 4 aromatic carbocycles. The quantitative estimate of drug-likeness (QED) is 0.121. The van der Waals surface area contributed by atoms with E-state index in [1.165, 1.54) is 11.1 Å². The third-order valence-corrected chi connectivity index (χ3v) is 6.90. The number of ketones is 1. The molecule has 4 rings (SSSR count). The van der Waals surface area contributed by atoms with Gasteiger partial charge in [-0.2, -0.15) is 0 Å². The Bertz CT molecular complexity index is 1230. The van der Waals surface area contributed by atoms with Crippen LogP contribution in [0.2, 0.25) is 0 Å². The first-order chi connectivity index (χ1) is 19.5. The van der Waals surface area contributed by atoms with Crippen molar-refractivity contribution >= 4 is 28.5 Å². The van der Waals surface area contributed by atoms with E-state index in [2.05, 4.69) is 72.2 Å². The van der Waals surface area contributed by atoms with E-state index >= 15 is 0 Å². The molecule has 40 heavy (non-hydrogen) atoms. The molecule has 208 valence electrons. The maximum absolute atomic E-state index is 13.4. The highest BCUT2D eigenvalue weighted by Gasteiger charge is 2.15. The summed E-state index contributed by atoms with van der Waals surface area (Å²) in [6.07, 6.45) is 0. The second-order valence-corrected chi connectivity index (χ2v) is 9.79. The van der Waals surface area contributed by atoms with Crippen molar-refractivity contribution < 1.29 is 14.3 Å². The van der Waals surface area contributed by atoms with Gasteiger partial charge < -0.3 is 19.3 Å². The summed E-state index contributed by atoms with van der Waals surface area (Å²) >= 11 is 0. The van der Waals surface area contributed by atoms with E-state index in [1.54, 1.807) is 0 Å². The molecule has 0 amide bonds. The Morgan fingerprint density at radius 3 is 1.12 bits per heavy atom. The van der Waals surface area contributed by atoms with Gasteiger partial charge in [-0.05, 0) is 100 Å². The summed E-state index contributed by atoms with van der Waals surface area (Å²) in [5.74, 6) is 0.00510. The van der Waals surface area contributed by atoms with Crippen molar-refractivity contribution in [1.82, 2.24) is 0 Å². The van der Waals surface area contributed by atoms with Gasteiger partial charge in [0, 0.05) is 60.2 Å². The van der Waals surface area contributed by atoms with Crippen LogP contribution in [0.5, 0.6) is 0 Å². The maximum Gasteiger partial charge on any atom is 0.193 e. The highest BCUT2D eigenvalue weighted by Crippen LogP contribution is 2.28. The fourth-order valence-electron chi connectivity index (χ4n) is 4.62. The predicted octanol–water partition coefficient (Wildman–Crippen LogP) is 7.88. The molecule has 0 saturated carbocycles.